The molecule has 0 radical (unpaired) electrons. The van der Waals surface area contributed by atoms with Gasteiger partial charge in [0.1, 0.15) is 11.2 Å². The third-order valence-corrected chi connectivity index (χ3v) is 11.1. The topological polar surface area (TPSA) is 51.8 Å². The Labute approximate surface area is 318 Å². The van der Waals surface area contributed by atoms with Gasteiger partial charge >= 0.3 is 0 Å². The van der Waals surface area contributed by atoms with Gasteiger partial charge in [0.25, 0.3) is 0 Å². The summed E-state index contributed by atoms with van der Waals surface area (Å²) in [6, 6.07) is 51.1. The maximum atomic E-state index is 6.57. The highest BCUT2D eigenvalue weighted by Gasteiger charge is 2.21. The number of nitrogens with zero attached hydrogens (tertiary/aromatic N) is 3. The second kappa shape index (κ2) is 12.8. The summed E-state index contributed by atoms with van der Waals surface area (Å²) in [5.41, 5.74) is 10.6. The zero-order valence-corrected chi connectivity index (χ0v) is 29.9. The van der Waals surface area contributed by atoms with Crippen LogP contribution in [0.4, 0.5) is 0 Å². The van der Waals surface area contributed by atoms with E-state index in [1.54, 1.807) is 0 Å². The van der Waals surface area contributed by atoms with Crippen LogP contribution in [0.3, 0.4) is 0 Å². The van der Waals surface area contributed by atoms with Crippen molar-refractivity contribution in [2.24, 2.45) is 5.92 Å². The fourth-order valence-corrected chi connectivity index (χ4v) is 8.16. The minimum absolute atomic E-state index is 0.410. The van der Waals surface area contributed by atoms with E-state index in [9.17, 15) is 0 Å². The summed E-state index contributed by atoms with van der Waals surface area (Å²) in [5, 5.41) is 6.80. The normalized spacial score (nSPS) is 15.1. The smallest absolute Gasteiger partial charge is 0.164 e. The van der Waals surface area contributed by atoms with Crippen molar-refractivity contribution in [2.45, 2.75) is 6.42 Å². The molecule has 1 unspecified atom stereocenters. The molecule has 2 aromatic heterocycles. The molecule has 0 saturated heterocycles. The zero-order valence-electron chi connectivity index (χ0n) is 29.9. The van der Waals surface area contributed by atoms with Crippen LogP contribution < -0.4 is 0 Å². The molecule has 0 fully saturated rings. The van der Waals surface area contributed by atoms with Crippen molar-refractivity contribution in [1.82, 2.24) is 15.0 Å². The third-order valence-electron chi connectivity index (χ3n) is 11.1. The molecular formula is C51H33N3O. The van der Waals surface area contributed by atoms with E-state index in [0.29, 0.717) is 23.4 Å². The largest absolute Gasteiger partial charge is 0.456 e. The first-order valence-electron chi connectivity index (χ1n) is 18.8. The number of hydrogen-bond donors (Lipinski definition) is 0. The number of furan rings is 1. The lowest BCUT2D eigenvalue weighted by atomic mass is 9.82. The molecule has 0 amide bonds. The number of aromatic nitrogens is 3. The van der Waals surface area contributed by atoms with E-state index >= 15 is 0 Å². The quantitative estimate of drug-likeness (QED) is 0.179. The predicted octanol–water partition coefficient (Wildman–Crippen LogP) is 13.2. The van der Waals surface area contributed by atoms with Gasteiger partial charge in [-0.15, -0.1) is 0 Å². The molecule has 0 bridgehead atoms. The highest BCUT2D eigenvalue weighted by molar-refractivity contribution is 6.12. The van der Waals surface area contributed by atoms with Gasteiger partial charge in [-0.2, -0.15) is 0 Å². The predicted molar refractivity (Wildman–Crippen MR) is 226 cm³/mol. The van der Waals surface area contributed by atoms with Crippen LogP contribution in [0.15, 0.2) is 192 Å². The lowest BCUT2D eigenvalue weighted by Crippen LogP contribution is -2.06. The first kappa shape index (κ1) is 31.4. The van der Waals surface area contributed by atoms with Crippen LogP contribution in [-0.4, -0.2) is 15.0 Å². The second-order valence-electron chi connectivity index (χ2n) is 14.4. The molecule has 55 heavy (non-hydrogen) atoms. The molecule has 0 saturated carbocycles. The molecule has 2 aliphatic carbocycles. The minimum Gasteiger partial charge on any atom is -0.456 e. The highest BCUT2D eigenvalue weighted by Crippen LogP contribution is 2.40. The van der Waals surface area contributed by atoms with E-state index in [1.165, 1.54) is 38.4 Å². The van der Waals surface area contributed by atoms with E-state index in [1.807, 2.05) is 12.1 Å². The molecule has 0 N–H and O–H groups in total. The Kier molecular flexibility index (Phi) is 7.27. The average molecular weight is 704 g/mol. The van der Waals surface area contributed by atoms with Gasteiger partial charge in [0.05, 0.1) is 0 Å². The number of rotatable bonds is 5. The fraction of sp³-hybridized carbons (Fsp3) is 0.0392. The third kappa shape index (κ3) is 5.58. The van der Waals surface area contributed by atoms with Crippen LogP contribution >= 0.6 is 0 Å². The Bertz CT molecular complexity index is 3120. The van der Waals surface area contributed by atoms with Crippen LogP contribution in [0.2, 0.25) is 0 Å². The van der Waals surface area contributed by atoms with Gasteiger partial charge in [-0.1, -0.05) is 152 Å². The van der Waals surface area contributed by atoms with Gasteiger partial charge in [-0.3, -0.25) is 0 Å². The summed E-state index contributed by atoms with van der Waals surface area (Å²) in [6.45, 7) is 0. The Balaban J connectivity index is 1.03. The van der Waals surface area contributed by atoms with Crippen molar-refractivity contribution in [3.8, 4) is 45.3 Å². The first-order valence-corrected chi connectivity index (χ1v) is 18.8. The molecule has 2 heterocycles. The lowest BCUT2D eigenvalue weighted by molar-refractivity contribution is 0.668. The van der Waals surface area contributed by atoms with E-state index < -0.39 is 0 Å². The lowest BCUT2D eigenvalue weighted by Gasteiger charge is -2.22. The molecule has 11 rings (SSSR count). The van der Waals surface area contributed by atoms with Gasteiger partial charge in [0.15, 0.2) is 17.5 Å². The van der Waals surface area contributed by atoms with Crippen molar-refractivity contribution < 1.29 is 4.42 Å². The summed E-state index contributed by atoms with van der Waals surface area (Å²) in [5.74, 6) is 2.26. The highest BCUT2D eigenvalue weighted by atomic mass is 16.3. The Hall–Kier alpha value is -7.17. The summed E-state index contributed by atoms with van der Waals surface area (Å²) in [6.07, 6.45) is 14.2. The van der Waals surface area contributed by atoms with E-state index in [2.05, 4.69) is 170 Å². The number of fused-ring (bicyclic) bond motifs is 6. The number of benzene rings is 7. The fourth-order valence-electron chi connectivity index (χ4n) is 8.16. The zero-order chi connectivity index (χ0) is 36.3. The summed E-state index contributed by atoms with van der Waals surface area (Å²) in [4.78, 5) is 15.5. The Morgan fingerprint density at radius 2 is 1.13 bits per heavy atom. The molecule has 1 atom stereocenters. The summed E-state index contributed by atoms with van der Waals surface area (Å²) in [7, 11) is 0. The molecule has 4 heteroatoms. The van der Waals surface area contributed by atoms with Crippen molar-refractivity contribution >= 4 is 49.1 Å². The van der Waals surface area contributed by atoms with Gasteiger partial charge in [-0.05, 0) is 86.1 Å². The molecule has 9 aromatic rings. The molecule has 0 aliphatic heterocycles. The van der Waals surface area contributed by atoms with Crippen molar-refractivity contribution in [3.63, 3.8) is 0 Å². The molecule has 2 aliphatic rings. The molecule has 0 spiro atoms. The van der Waals surface area contributed by atoms with E-state index in [0.717, 1.165) is 56.0 Å². The van der Waals surface area contributed by atoms with Crippen LogP contribution in [0.25, 0.3) is 94.3 Å². The Morgan fingerprint density at radius 1 is 0.473 bits per heavy atom. The Morgan fingerprint density at radius 3 is 1.93 bits per heavy atom. The minimum atomic E-state index is 0.410. The van der Waals surface area contributed by atoms with Crippen molar-refractivity contribution in [1.29, 1.82) is 0 Å². The molecule has 7 aromatic carbocycles. The van der Waals surface area contributed by atoms with E-state index in [4.69, 9.17) is 19.4 Å². The van der Waals surface area contributed by atoms with Gasteiger partial charge in [-0.25, -0.2) is 15.0 Å². The number of allylic oxidation sites excluding steroid dienone is 8. The molecule has 4 nitrogen and oxygen atoms in total. The monoisotopic (exact) mass is 703 g/mol. The van der Waals surface area contributed by atoms with Crippen LogP contribution in [0.5, 0.6) is 0 Å². The average Bonchev–Trinajstić information content (AvgIpc) is 3.64. The summed E-state index contributed by atoms with van der Waals surface area (Å²) < 4.78 is 6.57. The van der Waals surface area contributed by atoms with Crippen molar-refractivity contribution in [2.75, 3.05) is 0 Å². The standard InChI is InChI=1S/C51H33N3O/c1-4-11-37-28-40(23-18-32(37)8-1)35-16-21-36(22-17-35)49-52-50(43-25-20-34-10-3-6-13-39(34)30-43)54-51(53-49)45-14-7-15-46-48(45)44-27-26-42(31-47(44)55-46)41-24-19-33-9-2-5-12-38(33)29-41/h1-28,30-31,38H,29H2. The molecular weight excluding hydrogens is 671 g/mol. The van der Waals surface area contributed by atoms with Gasteiger partial charge < -0.3 is 4.42 Å². The van der Waals surface area contributed by atoms with Crippen LogP contribution in [0, 0.1) is 5.92 Å². The number of hydrogen-bond acceptors (Lipinski definition) is 4. The van der Waals surface area contributed by atoms with Gasteiger partial charge in [0, 0.05) is 33.4 Å². The van der Waals surface area contributed by atoms with Crippen LogP contribution in [0.1, 0.15) is 12.0 Å². The van der Waals surface area contributed by atoms with Gasteiger partial charge in [0.2, 0.25) is 0 Å². The molecule has 258 valence electrons. The van der Waals surface area contributed by atoms with E-state index in [-0.39, 0.29) is 0 Å². The summed E-state index contributed by atoms with van der Waals surface area (Å²) >= 11 is 0. The maximum absolute atomic E-state index is 6.57. The van der Waals surface area contributed by atoms with Crippen LogP contribution in [-0.2, 0) is 0 Å². The second-order valence-corrected chi connectivity index (χ2v) is 14.4. The maximum Gasteiger partial charge on any atom is 0.164 e. The van der Waals surface area contributed by atoms with Crippen molar-refractivity contribution in [3.05, 3.63) is 193 Å². The first-order chi connectivity index (χ1) is 27.2. The SMILES string of the molecule is C1=CC2=CC=C(c3ccc4c(c3)oc3cccc(-c5nc(-c6ccc(-c7ccc8ccccc8c7)cc6)nc(-c6ccc7ccccc7c6)n5)c34)CC2C=C1.